The number of aliphatic hydroxyl groups excluding tert-OH is 2. The maximum absolute atomic E-state index is 14.0. The second kappa shape index (κ2) is 9.69. The largest absolute Gasteiger partial charge is 0.384 e. The second-order valence-electron chi connectivity index (χ2n) is 8.43. The van der Waals surface area contributed by atoms with Gasteiger partial charge in [-0.2, -0.15) is 0 Å². The van der Waals surface area contributed by atoms with E-state index >= 15 is 0 Å². The van der Waals surface area contributed by atoms with Crippen LogP contribution < -0.4 is 9.80 Å². The number of hydrogen-bond donors (Lipinski definition) is 3. The summed E-state index contributed by atoms with van der Waals surface area (Å²) < 4.78 is 27.7. The predicted octanol–water partition coefficient (Wildman–Crippen LogP) is 4.41. The van der Waals surface area contributed by atoms with Crippen molar-refractivity contribution in [3.63, 3.8) is 0 Å². The molecule has 0 fully saturated rings. The summed E-state index contributed by atoms with van der Waals surface area (Å²) in [6.07, 6.45) is 0.225. The van der Waals surface area contributed by atoms with Gasteiger partial charge >= 0.3 is 0 Å². The van der Waals surface area contributed by atoms with Crippen LogP contribution >= 0.6 is 11.6 Å². The summed E-state index contributed by atoms with van der Waals surface area (Å²) in [5.74, 6) is -2.72. The molecule has 1 aliphatic heterocycles. The van der Waals surface area contributed by atoms with E-state index in [4.69, 9.17) is 11.6 Å². The molecular weight excluding hydrogens is 490 g/mol. The van der Waals surface area contributed by atoms with Gasteiger partial charge in [0.05, 0.1) is 24.8 Å². The van der Waals surface area contributed by atoms with Crippen LogP contribution in [0.15, 0.2) is 73.2 Å². The molecule has 5 rings (SSSR count). The number of aliphatic hydroxyl groups is 2. The Kier molecular flexibility index (Phi) is 6.44. The standard InChI is InChI=1S/C26H21ClF2N4O3/c27-17-3-1-2-15(8-17)12-32(18-6-4-16(5-7-18)22-11-30-14-31-22)24(34)13-33-23-10-21(29)20(28)9-19(23)25(35)26(33)36/h1-11,14,25-26,35-36H,12-13H2,(H,30,31). The molecule has 0 aliphatic carbocycles. The fourth-order valence-electron chi connectivity index (χ4n) is 4.30. The Morgan fingerprint density at radius 3 is 2.53 bits per heavy atom. The molecule has 4 aromatic rings. The number of imidazole rings is 1. The van der Waals surface area contributed by atoms with Gasteiger partial charge in [0.2, 0.25) is 5.91 Å². The molecule has 1 aliphatic rings. The third kappa shape index (κ3) is 4.56. The number of nitrogens with one attached hydrogen (secondary N) is 1. The van der Waals surface area contributed by atoms with E-state index in [0.717, 1.165) is 33.9 Å². The fraction of sp³-hybridized carbons (Fsp3) is 0.154. The minimum Gasteiger partial charge on any atom is -0.384 e. The summed E-state index contributed by atoms with van der Waals surface area (Å²) >= 11 is 6.14. The van der Waals surface area contributed by atoms with Crippen molar-refractivity contribution >= 4 is 28.9 Å². The minimum absolute atomic E-state index is 0.0134. The van der Waals surface area contributed by atoms with Crippen LogP contribution in [0.5, 0.6) is 0 Å². The highest BCUT2D eigenvalue weighted by molar-refractivity contribution is 6.30. The van der Waals surface area contributed by atoms with E-state index in [0.29, 0.717) is 10.7 Å². The van der Waals surface area contributed by atoms with Crippen LogP contribution in [0.1, 0.15) is 17.2 Å². The number of aromatic amines is 1. The van der Waals surface area contributed by atoms with Crippen molar-refractivity contribution in [1.82, 2.24) is 9.97 Å². The number of anilines is 2. The van der Waals surface area contributed by atoms with E-state index < -0.39 is 29.9 Å². The highest BCUT2D eigenvalue weighted by Gasteiger charge is 2.39. The highest BCUT2D eigenvalue weighted by Crippen LogP contribution is 2.39. The van der Waals surface area contributed by atoms with Gasteiger partial charge in [0.25, 0.3) is 0 Å². The molecule has 184 valence electrons. The first-order chi connectivity index (χ1) is 17.3. The van der Waals surface area contributed by atoms with Gasteiger partial charge in [0.1, 0.15) is 12.6 Å². The highest BCUT2D eigenvalue weighted by atomic mass is 35.5. The third-order valence-corrected chi connectivity index (χ3v) is 6.36. The van der Waals surface area contributed by atoms with Crippen molar-refractivity contribution < 1.29 is 23.8 Å². The zero-order chi connectivity index (χ0) is 25.4. The van der Waals surface area contributed by atoms with Crippen LogP contribution in [0.25, 0.3) is 11.3 Å². The van der Waals surface area contributed by atoms with Crippen LogP contribution in [-0.2, 0) is 11.3 Å². The number of rotatable bonds is 6. The van der Waals surface area contributed by atoms with E-state index in [-0.39, 0.29) is 24.3 Å². The zero-order valence-corrected chi connectivity index (χ0v) is 19.5. The average molecular weight is 511 g/mol. The van der Waals surface area contributed by atoms with Crippen LogP contribution in [0.3, 0.4) is 0 Å². The number of halogens is 3. The number of benzene rings is 3. The molecule has 7 nitrogen and oxygen atoms in total. The van der Waals surface area contributed by atoms with Gasteiger partial charge in [-0.25, -0.2) is 13.8 Å². The Balaban J connectivity index is 1.46. The van der Waals surface area contributed by atoms with Gasteiger partial charge in [-0.3, -0.25) is 4.79 Å². The first-order valence-electron chi connectivity index (χ1n) is 11.1. The van der Waals surface area contributed by atoms with Crippen LogP contribution in [0.2, 0.25) is 5.02 Å². The van der Waals surface area contributed by atoms with Gasteiger partial charge in [0.15, 0.2) is 17.9 Å². The number of hydrogen-bond acceptors (Lipinski definition) is 5. The molecule has 2 atom stereocenters. The summed E-state index contributed by atoms with van der Waals surface area (Å²) in [7, 11) is 0. The van der Waals surface area contributed by atoms with Crippen molar-refractivity contribution in [3.8, 4) is 11.3 Å². The first-order valence-corrected chi connectivity index (χ1v) is 11.4. The summed E-state index contributed by atoms with van der Waals surface area (Å²) in [6, 6.07) is 16.0. The van der Waals surface area contributed by atoms with Crippen LogP contribution in [-0.4, -0.2) is 38.9 Å². The van der Waals surface area contributed by atoms with Gasteiger partial charge < -0.3 is 25.0 Å². The molecule has 0 radical (unpaired) electrons. The topological polar surface area (TPSA) is 92.7 Å². The fourth-order valence-corrected chi connectivity index (χ4v) is 4.51. The van der Waals surface area contributed by atoms with E-state index in [9.17, 15) is 23.8 Å². The minimum atomic E-state index is -1.54. The summed E-state index contributed by atoms with van der Waals surface area (Å²) in [4.78, 5) is 23.3. The summed E-state index contributed by atoms with van der Waals surface area (Å²) in [5, 5.41) is 21.4. The lowest BCUT2D eigenvalue weighted by molar-refractivity contribution is -0.118. The van der Waals surface area contributed by atoms with Crippen molar-refractivity contribution in [1.29, 1.82) is 0 Å². The number of nitrogens with zero attached hydrogens (tertiary/aromatic N) is 3. The monoisotopic (exact) mass is 510 g/mol. The number of amides is 1. The molecule has 0 bridgehead atoms. The number of carbonyl (C=O) groups is 1. The molecular formula is C26H21ClF2N4O3. The molecule has 1 aromatic heterocycles. The molecule has 10 heteroatoms. The number of aromatic nitrogens is 2. The van der Waals surface area contributed by atoms with Crippen LogP contribution in [0.4, 0.5) is 20.2 Å². The normalized spacial score (nSPS) is 16.8. The SMILES string of the molecule is O=C(CN1c2cc(F)c(F)cc2C(O)C1O)N(Cc1cccc(Cl)c1)c1ccc(-c2cnc[nH]2)cc1. The Labute approximate surface area is 210 Å². The lowest BCUT2D eigenvalue weighted by Crippen LogP contribution is -2.44. The molecule has 2 unspecified atom stereocenters. The molecule has 2 heterocycles. The lowest BCUT2D eigenvalue weighted by atomic mass is 10.1. The Bertz CT molecular complexity index is 1400. The first kappa shape index (κ1) is 23.9. The van der Waals surface area contributed by atoms with Crippen molar-refractivity contribution in [3.05, 3.63) is 101 Å². The molecule has 0 saturated heterocycles. The second-order valence-corrected chi connectivity index (χ2v) is 8.87. The van der Waals surface area contributed by atoms with Crippen molar-refractivity contribution in [2.24, 2.45) is 0 Å². The van der Waals surface area contributed by atoms with Crippen molar-refractivity contribution in [2.75, 3.05) is 16.3 Å². The van der Waals surface area contributed by atoms with Gasteiger partial charge in [-0.1, -0.05) is 35.9 Å². The van der Waals surface area contributed by atoms with E-state index in [1.165, 1.54) is 4.90 Å². The molecule has 0 spiro atoms. The Morgan fingerprint density at radius 1 is 1.08 bits per heavy atom. The molecule has 36 heavy (non-hydrogen) atoms. The molecule has 1 amide bonds. The molecule has 0 saturated carbocycles. The average Bonchev–Trinajstić information content (AvgIpc) is 3.48. The van der Waals surface area contributed by atoms with Gasteiger partial charge in [-0.15, -0.1) is 0 Å². The quantitative estimate of drug-likeness (QED) is 0.357. The third-order valence-electron chi connectivity index (χ3n) is 6.12. The van der Waals surface area contributed by atoms with Gasteiger partial charge in [-0.05, 0) is 41.5 Å². The van der Waals surface area contributed by atoms with Gasteiger partial charge in [0, 0.05) is 28.0 Å². The Hall–Kier alpha value is -3.79. The molecule has 3 aromatic carbocycles. The van der Waals surface area contributed by atoms with E-state index in [2.05, 4.69) is 9.97 Å². The van der Waals surface area contributed by atoms with E-state index in [1.54, 1.807) is 42.9 Å². The number of fused-ring (bicyclic) bond motifs is 1. The number of H-pyrrole nitrogens is 1. The Morgan fingerprint density at radius 2 is 1.83 bits per heavy atom. The predicted molar refractivity (Wildman–Crippen MR) is 131 cm³/mol. The summed E-state index contributed by atoms with van der Waals surface area (Å²) in [5.41, 5.74) is 3.09. The summed E-state index contributed by atoms with van der Waals surface area (Å²) in [6.45, 7) is -0.223. The number of carbonyl (C=O) groups excluding carboxylic acids is 1. The maximum Gasteiger partial charge on any atom is 0.246 e. The van der Waals surface area contributed by atoms with Crippen molar-refractivity contribution in [2.45, 2.75) is 18.9 Å². The lowest BCUT2D eigenvalue weighted by Gasteiger charge is -2.29. The van der Waals surface area contributed by atoms with Crippen LogP contribution in [0, 0.1) is 11.6 Å². The zero-order valence-electron chi connectivity index (χ0n) is 18.8. The molecule has 3 N–H and O–H groups in total. The maximum atomic E-state index is 14.0. The smallest absolute Gasteiger partial charge is 0.246 e. The van der Waals surface area contributed by atoms with E-state index in [1.807, 2.05) is 18.2 Å².